The molecule has 0 aliphatic carbocycles. The van der Waals surface area contributed by atoms with Gasteiger partial charge >= 0.3 is 12.1 Å². The average molecular weight is 826 g/mol. The van der Waals surface area contributed by atoms with Gasteiger partial charge in [-0.05, 0) is 43.4 Å². The van der Waals surface area contributed by atoms with Gasteiger partial charge in [-0.1, -0.05) is 25.1 Å². The zero-order valence-corrected chi connectivity index (χ0v) is 32.6. The fraction of sp³-hybridized carbons (Fsp3) is 0.286. The Balaban J connectivity index is 0.00000336. The number of hydrogen-bond donors (Lipinski definition) is 2. The van der Waals surface area contributed by atoms with Crippen molar-refractivity contribution in [2.24, 2.45) is 0 Å². The lowest BCUT2D eigenvalue weighted by Gasteiger charge is -2.32. The van der Waals surface area contributed by atoms with Crippen molar-refractivity contribution < 1.29 is 49.9 Å². The maximum absolute atomic E-state index is 15.3. The van der Waals surface area contributed by atoms with Gasteiger partial charge in [0.1, 0.15) is 36.2 Å². The number of nitrogens with zero attached hydrogens (tertiary/aromatic N) is 7. The van der Waals surface area contributed by atoms with Gasteiger partial charge in [0.15, 0.2) is 0 Å². The van der Waals surface area contributed by atoms with E-state index in [1.807, 2.05) is 0 Å². The summed E-state index contributed by atoms with van der Waals surface area (Å²) in [4.78, 5) is 35.1. The van der Waals surface area contributed by atoms with Crippen LogP contribution in [0.15, 0.2) is 78.8 Å². The van der Waals surface area contributed by atoms with Crippen molar-refractivity contribution in [1.82, 2.24) is 25.1 Å². The Hall–Kier alpha value is -4.76. The van der Waals surface area contributed by atoms with Crippen LogP contribution in [0.4, 0.5) is 19.4 Å². The molecule has 3 aromatic heterocycles. The molecule has 0 saturated carbocycles. The van der Waals surface area contributed by atoms with Gasteiger partial charge in [-0.15, -0.1) is 40.8 Å². The molecule has 0 aliphatic heterocycles. The molecule has 3 atom stereocenters. The monoisotopic (exact) mass is 824 g/mol. The molecule has 1 amide bonds. The summed E-state index contributed by atoms with van der Waals surface area (Å²) in [6.07, 6.45) is 2.65. The van der Waals surface area contributed by atoms with Gasteiger partial charge in [-0.2, -0.15) is 9.83 Å². The number of carbonyl (C=O) groups is 2. The predicted molar refractivity (Wildman–Crippen MR) is 195 cm³/mol. The van der Waals surface area contributed by atoms with E-state index in [2.05, 4.69) is 21.5 Å². The summed E-state index contributed by atoms with van der Waals surface area (Å²) in [6.45, 7) is 2.85. The quantitative estimate of drug-likeness (QED) is 0.134. The Morgan fingerprint density at radius 2 is 1.89 bits per heavy atom. The first-order chi connectivity index (χ1) is 24.4. The first kappa shape index (κ1) is 45.4. The second-order valence-electron chi connectivity index (χ2n) is 11.6. The highest BCUT2D eigenvalue weighted by Gasteiger charge is 2.43. The number of anilines is 1. The Morgan fingerprint density at radius 1 is 1.17 bits per heavy atom. The number of ether oxygens (including phenoxy) is 2. The number of aromatic nitrogens is 5. The zero-order chi connectivity index (χ0) is 36.7. The fourth-order valence-corrected chi connectivity index (χ4v) is 6.22. The lowest BCUT2D eigenvalue weighted by Crippen LogP contribution is -3.00. The molecule has 0 saturated heterocycles. The van der Waals surface area contributed by atoms with Crippen molar-refractivity contribution >= 4 is 54.0 Å². The molecule has 3 heterocycles. The van der Waals surface area contributed by atoms with E-state index in [0.29, 0.717) is 21.8 Å². The molecule has 54 heavy (non-hydrogen) atoms. The maximum Gasteiger partial charge on any atom is 0.418 e. The van der Waals surface area contributed by atoms with Crippen molar-refractivity contribution in [3.8, 4) is 17.3 Å². The van der Waals surface area contributed by atoms with Crippen molar-refractivity contribution in [3.63, 3.8) is 0 Å². The summed E-state index contributed by atoms with van der Waals surface area (Å²) in [5, 5.41) is 30.6. The van der Waals surface area contributed by atoms with Gasteiger partial charge in [-0.25, -0.2) is 23.5 Å². The molecule has 19 heteroatoms. The predicted octanol–water partition coefficient (Wildman–Crippen LogP) is 2.43. The van der Waals surface area contributed by atoms with E-state index in [-0.39, 0.29) is 68.3 Å². The third-order valence-corrected chi connectivity index (χ3v) is 9.20. The summed E-state index contributed by atoms with van der Waals surface area (Å²) >= 11 is 1.25. The molecule has 0 spiro atoms. The van der Waals surface area contributed by atoms with Gasteiger partial charge in [-0.3, -0.25) is 9.69 Å². The third kappa shape index (κ3) is 10.5. The van der Waals surface area contributed by atoms with E-state index < -0.39 is 41.4 Å². The van der Waals surface area contributed by atoms with E-state index in [9.17, 15) is 19.1 Å². The van der Waals surface area contributed by atoms with Crippen LogP contribution in [0.5, 0.6) is 0 Å². The molecule has 288 valence electrons. The summed E-state index contributed by atoms with van der Waals surface area (Å²) in [5.74, 6) is -2.64. The lowest BCUT2D eigenvalue weighted by molar-refractivity contribution is -0.753. The normalized spacial score (nSPS) is 12.7. The van der Waals surface area contributed by atoms with E-state index >= 15 is 4.39 Å². The number of rotatable bonds is 13. The van der Waals surface area contributed by atoms with Gasteiger partial charge in [0.2, 0.25) is 12.6 Å². The number of halogens is 5. The number of thiazole rings is 1. The van der Waals surface area contributed by atoms with Gasteiger partial charge in [0.05, 0.1) is 28.9 Å². The number of nitrogens with one attached hydrogen (secondary N) is 1. The number of nitriles is 1. The Kier molecular flexibility index (Phi) is 16.9. The van der Waals surface area contributed by atoms with Crippen LogP contribution in [-0.2, 0) is 33.0 Å². The highest BCUT2D eigenvalue weighted by Crippen LogP contribution is 2.41. The van der Waals surface area contributed by atoms with Gasteiger partial charge in [0, 0.05) is 53.3 Å². The van der Waals surface area contributed by atoms with Crippen LogP contribution >= 0.6 is 36.2 Å². The van der Waals surface area contributed by atoms with Crippen molar-refractivity contribution in [1.29, 1.82) is 5.26 Å². The highest BCUT2D eigenvalue weighted by molar-refractivity contribution is 7.10. The SMILES string of the molecule is CNCC(=O)OCc1cccnc1N(C)C(=O)OC(C)[n+]1cnn(C[C@@](O)(c2cc(F)ccc2F)[C@H](C)c2nc(-c3ccc(C#N)cc3)cs2)c1.Cl.Cl.[Cl-]. The minimum atomic E-state index is -2.04. The summed E-state index contributed by atoms with van der Waals surface area (Å²) < 4.78 is 43.5. The van der Waals surface area contributed by atoms with Crippen LogP contribution in [0.25, 0.3) is 11.3 Å². The number of likely N-dealkylation sites (N-methyl/N-ethyl adjacent to an activating group) is 1. The minimum absolute atomic E-state index is 0. The minimum Gasteiger partial charge on any atom is -1.00 e. The Bertz CT molecular complexity index is 2070. The smallest absolute Gasteiger partial charge is 0.418 e. The van der Waals surface area contributed by atoms with Crippen molar-refractivity contribution in [2.45, 2.75) is 44.7 Å². The standard InChI is InChI=1S/C35H35F2N8O5S.3ClH/c1-22(33-42-30(18-51-33)25-9-7-24(15-38)8-10-25)35(48,28-14-27(36)11-12-29(28)37)19-45-21-44(20-41-45)23(2)50-34(47)43(4)32-26(6-5-13-40-32)17-49-31(46)16-39-3;;;/h5-14,18,20-23,39,48H,16-17,19H2,1-4H3;3*1H/q+1;;;/p-1/t22-,23?,35+;;;/m1.../s1. The zero-order valence-electron chi connectivity index (χ0n) is 29.4. The van der Waals surface area contributed by atoms with Crippen LogP contribution < -0.4 is 27.2 Å². The number of benzene rings is 2. The lowest BCUT2D eigenvalue weighted by atomic mass is 9.82. The highest BCUT2D eigenvalue weighted by atomic mass is 35.5. The summed E-state index contributed by atoms with van der Waals surface area (Å²) in [7, 11) is 3.08. The number of esters is 1. The number of aliphatic hydroxyl groups is 1. The molecule has 5 aromatic rings. The molecule has 2 aromatic carbocycles. The van der Waals surface area contributed by atoms with Crippen molar-refractivity contribution in [2.75, 3.05) is 25.5 Å². The molecule has 2 N–H and O–H groups in total. The number of hydrogen-bond acceptors (Lipinski definition) is 11. The number of carbonyl (C=O) groups excluding carboxylic acids is 2. The second-order valence-corrected chi connectivity index (χ2v) is 12.5. The molecule has 0 fully saturated rings. The van der Waals surface area contributed by atoms with Crippen LogP contribution in [0.3, 0.4) is 0 Å². The van der Waals surface area contributed by atoms with E-state index in [1.165, 1.54) is 51.4 Å². The topological polar surface area (TPSA) is 159 Å². The number of amides is 1. The largest absolute Gasteiger partial charge is 1.00 e. The van der Waals surface area contributed by atoms with Crippen LogP contribution in [-0.4, -0.2) is 57.6 Å². The van der Waals surface area contributed by atoms with Gasteiger partial charge < -0.3 is 32.3 Å². The molecule has 5 rings (SSSR count). The van der Waals surface area contributed by atoms with Gasteiger partial charge in [0.25, 0.3) is 6.33 Å². The number of pyridine rings is 1. The molecular weight excluding hydrogens is 789 g/mol. The van der Waals surface area contributed by atoms with Crippen molar-refractivity contribution in [3.05, 3.63) is 112 Å². The van der Waals surface area contributed by atoms with Crippen LogP contribution in [0, 0.1) is 23.0 Å². The van der Waals surface area contributed by atoms with E-state index in [1.54, 1.807) is 62.7 Å². The second kappa shape index (κ2) is 20.1. The molecule has 0 radical (unpaired) electrons. The summed E-state index contributed by atoms with van der Waals surface area (Å²) in [6, 6.07) is 15.1. The Morgan fingerprint density at radius 3 is 2.57 bits per heavy atom. The van der Waals surface area contributed by atoms with E-state index in [4.69, 9.17) is 19.7 Å². The third-order valence-electron chi connectivity index (χ3n) is 8.18. The first-order valence-corrected chi connectivity index (χ1v) is 16.6. The Labute approximate surface area is 332 Å². The first-order valence-electron chi connectivity index (χ1n) is 15.7. The molecule has 1 unspecified atom stereocenters. The molecule has 0 aliphatic rings. The molecule has 13 nitrogen and oxygen atoms in total. The maximum atomic E-state index is 15.3. The summed E-state index contributed by atoms with van der Waals surface area (Å²) in [5.41, 5.74) is 0.000750. The fourth-order valence-electron chi connectivity index (χ4n) is 5.25. The molecular formula is C35H37Cl3F2N8O5S. The van der Waals surface area contributed by atoms with Crippen LogP contribution in [0.1, 0.15) is 47.7 Å². The van der Waals surface area contributed by atoms with Crippen LogP contribution in [0.2, 0.25) is 0 Å². The average Bonchev–Trinajstić information content (AvgIpc) is 3.82. The molecule has 0 bridgehead atoms. The van der Waals surface area contributed by atoms with E-state index in [0.717, 1.165) is 23.8 Å².